The molecule has 2 heterocycles. The Morgan fingerprint density at radius 2 is 1.90 bits per heavy atom. The van der Waals surface area contributed by atoms with Crippen molar-refractivity contribution >= 4 is 0 Å². The van der Waals surface area contributed by atoms with E-state index in [1.807, 2.05) is 0 Å². The fraction of sp³-hybridized carbons (Fsp3) is 0.0714. The zero-order valence-corrected chi connectivity index (χ0v) is 10.8. The molecular formula is C14H10F2N4O. The molecule has 0 saturated heterocycles. The van der Waals surface area contributed by atoms with E-state index in [4.69, 9.17) is 10.3 Å². The zero-order chi connectivity index (χ0) is 14.8. The quantitative estimate of drug-likeness (QED) is 0.801. The summed E-state index contributed by atoms with van der Waals surface area (Å²) >= 11 is 0. The highest BCUT2D eigenvalue weighted by Gasteiger charge is 2.13. The summed E-state index contributed by atoms with van der Waals surface area (Å²) in [6.07, 6.45) is 1.58. The molecule has 2 N–H and O–H groups in total. The van der Waals surface area contributed by atoms with Gasteiger partial charge in [-0.3, -0.25) is 4.98 Å². The molecule has 0 aliphatic rings. The Balaban J connectivity index is 1.97. The fourth-order valence-corrected chi connectivity index (χ4v) is 1.82. The molecule has 1 aromatic carbocycles. The standard InChI is InChI=1S/C14H10F2N4O/c15-11-2-1-8(6-12(11)16)13-19-14(21-20-13)9-3-4-18-10(5-9)7-17/h1-6H,7,17H2. The van der Waals surface area contributed by atoms with Crippen LogP contribution in [0.2, 0.25) is 0 Å². The van der Waals surface area contributed by atoms with Crippen LogP contribution in [0.15, 0.2) is 41.1 Å². The summed E-state index contributed by atoms with van der Waals surface area (Å²) in [6.45, 7) is 0.290. The summed E-state index contributed by atoms with van der Waals surface area (Å²) in [5.74, 6) is -1.46. The SMILES string of the molecule is NCc1cc(-c2nc(-c3ccc(F)c(F)c3)no2)ccn1. The first-order chi connectivity index (χ1) is 10.2. The van der Waals surface area contributed by atoms with Gasteiger partial charge in [0.25, 0.3) is 5.89 Å². The smallest absolute Gasteiger partial charge is 0.258 e. The van der Waals surface area contributed by atoms with Crippen LogP contribution in [0.4, 0.5) is 8.78 Å². The molecule has 3 rings (SSSR count). The van der Waals surface area contributed by atoms with Crippen molar-refractivity contribution in [1.29, 1.82) is 0 Å². The van der Waals surface area contributed by atoms with Crippen molar-refractivity contribution in [3.05, 3.63) is 53.9 Å². The van der Waals surface area contributed by atoms with Crippen LogP contribution in [0, 0.1) is 11.6 Å². The van der Waals surface area contributed by atoms with Gasteiger partial charge >= 0.3 is 0 Å². The van der Waals surface area contributed by atoms with Gasteiger partial charge in [-0.25, -0.2) is 8.78 Å². The Bertz CT molecular complexity index is 788. The van der Waals surface area contributed by atoms with Gasteiger partial charge in [0, 0.05) is 23.9 Å². The number of benzene rings is 1. The van der Waals surface area contributed by atoms with E-state index in [-0.39, 0.29) is 18.3 Å². The number of hydrogen-bond donors (Lipinski definition) is 1. The van der Waals surface area contributed by atoms with Crippen molar-refractivity contribution < 1.29 is 13.3 Å². The van der Waals surface area contributed by atoms with Crippen LogP contribution < -0.4 is 5.73 Å². The molecule has 7 heteroatoms. The van der Waals surface area contributed by atoms with Gasteiger partial charge in [-0.1, -0.05) is 5.16 Å². The lowest BCUT2D eigenvalue weighted by Crippen LogP contribution is -1.98. The molecule has 0 radical (unpaired) electrons. The van der Waals surface area contributed by atoms with Gasteiger partial charge in [0.05, 0.1) is 5.69 Å². The van der Waals surface area contributed by atoms with Crippen LogP contribution in [0.3, 0.4) is 0 Å². The topological polar surface area (TPSA) is 77.8 Å². The molecule has 0 amide bonds. The van der Waals surface area contributed by atoms with Gasteiger partial charge in [-0.05, 0) is 30.3 Å². The minimum atomic E-state index is -0.965. The van der Waals surface area contributed by atoms with Crippen molar-refractivity contribution in [2.45, 2.75) is 6.54 Å². The Hall–Kier alpha value is -2.67. The first-order valence-electron chi connectivity index (χ1n) is 6.12. The van der Waals surface area contributed by atoms with Gasteiger partial charge in [-0.2, -0.15) is 4.98 Å². The summed E-state index contributed by atoms with van der Waals surface area (Å²) < 4.78 is 31.2. The van der Waals surface area contributed by atoms with Crippen molar-refractivity contribution in [1.82, 2.24) is 15.1 Å². The maximum atomic E-state index is 13.2. The third-order valence-corrected chi connectivity index (χ3v) is 2.88. The Morgan fingerprint density at radius 3 is 2.67 bits per heavy atom. The lowest BCUT2D eigenvalue weighted by molar-refractivity contribution is 0.432. The number of nitrogens with zero attached hydrogens (tertiary/aromatic N) is 3. The third kappa shape index (κ3) is 2.63. The van der Waals surface area contributed by atoms with E-state index in [1.54, 1.807) is 18.3 Å². The summed E-state index contributed by atoms with van der Waals surface area (Å²) in [5.41, 5.74) is 7.19. The van der Waals surface area contributed by atoms with Crippen molar-refractivity contribution in [2.24, 2.45) is 5.73 Å². The van der Waals surface area contributed by atoms with E-state index in [2.05, 4.69) is 15.1 Å². The number of rotatable bonds is 3. The molecule has 0 unspecified atom stereocenters. The summed E-state index contributed by atoms with van der Waals surface area (Å²) in [7, 11) is 0. The highest BCUT2D eigenvalue weighted by atomic mass is 19.2. The summed E-state index contributed by atoms with van der Waals surface area (Å²) in [6, 6.07) is 6.83. The molecule has 0 aliphatic heterocycles. The van der Waals surface area contributed by atoms with Gasteiger partial charge in [0.1, 0.15) is 0 Å². The molecule has 0 spiro atoms. The minimum Gasteiger partial charge on any atom is -0.334 e. The minimum absolute atomic E-state index is 0.176. The molecule has 21 heavy (non-hydrogen) atoms. The molecule has 0 aliphatic carbocycles. The van der Waals surface area contributed by atoms with E-state index in [9.17, 15) is 8.78 Å². The van der Waals surface area contributed by atoms with Crippen LogP contribution in [-0.4, -0.2) is 15.1 Å². The zero-order valence-electron chi connectivity index (χ0n) is 10.8. The third-order valence-electron chi connectivity index (χ3n) is 2.88. The second kappa shape index (κ2) is 5.37. The average Bonchev–Trinajstić information content (AvgIpc) is 3.00. The van der Waals surface area contributed by atoms with Gasteiger partial charge in [0.15, 0.2) is 11.6 Å². The summed E-state index contributed by atoms with van der Waals surface area (Å²) in [5, 5.41) is 3.76. The average molecular weight is 288 g/mol. The molecule has 2 aromatic heterocycles. The second-order valence-corrected chi connectivity index (χ2v) is 4.29. The summed E-state index contributed by atoms with van der Waals surface area (Å²) in [4.78, 5) is 8.22. The molecule has 5 nitrogen and oxygen atoms in total. The maximum absolute atomic E-state index is 13.2. The number of hydrogen-bond acceptors (Lipinski definition) is 5. The predicted molar refractivity (Wildman–Crippen MR) is 70.8 cm³/mol. The molecule has 0 atom stereocenters. The van der Waals surface area contributed by atoms with Crippen LogP contribution in [-0.2, 0) is 6.54 Å². The lowest BCUT2D eigenvalue weighted by Gasteiger charge is -1.97. The number of pyridine rings is 1. The van der Waals surface area contributed by atoms with Crippen LogP contribution >= 0.6 is 0 Å². The van der Waals surface area contributed by atoms with E-state index in [0.717, 1.165) is 12.1 Å². The normalized spacial score (nSPS) is 10.8. The molecule has 0 saturated carbocycles. The maximum Gasteiger partial charge on any atom is 0.258 e. The molecule has 3 aromatic rings. The first kappa shape index (κ1) is 13.3. The van der Waals surface area contributed by atoms with E-state index >= 15 is 0 Å². The van der Waals surface area contributed by atoms with E-state index in [1.165, 1.54) is 6.07 Å². The highest BCUT2D eigenvalue weighted by molar-refractivity contribution is 5.59. The predicted octanol–water partition coefficient (Wildman–Crippen LogP) is 2.54. The Morgan fingerprint density at radius 1 is 1.05 bits per heavy atom. The fourth-order valence-electron chi connectivity index (χ4n) is 1.82. The molecule has 0 bridgehead atoms. The largest absolute Gasteiger partial charge is 0.334 e. The van der Waals surface area contributed by atoms with E-state index in [0.29, 0.717) is 16.8 Å². The Kier molecular flexibility index (Phi) is 3.41. The second-order valence-electron chi connectivity index (χ2n) is 4.29. The van der Waals surface area contributed by atoms with Crippen molar-refractivity contribution in [2.75, 3.05) is 0 Å². The van der Waals surface area contributed by atoms with Crippen molar-refractivity contribution in [3.63, 3.8) is 0 Å². The van der Waals surface area contributed by atoms with Gasteiger partial charge in [0.2, 0.25) is 5.82 Å². The lowest BCUT2D eigenvalue weighted by atomic mass is 10.2. The van der Waals surface area contributed by atoms with Crippen LogP contribution in [0.5, 0.6) is 0 Å². The number of halogens is 2. The first-order valence-corrected chi connectivity index (χ1v) is 6.12. The Labute approximate surface area is 118 Å². The molecule has 0 fully saturated rings. The number of nitrogens with two attached hydrogens (primary N) is 1. The highest BCUT2D eigenvalue weighted by Crippen LogP contribution is 2.23. The van der Waals surface area contributed by atoms with Crippen LogP contribution in [0.25, 0.3) is 22.8 Å². The van der Waals surface area contributed by atoms with E-state index < -0.39 is 11.6 Å². The van der Waals surface area contributed by atoms with Crippen molar-refractivity contribution in [3.8, 4) is 22.8 Å². The van der Waals surface area contributed by atoms with Crippen LogP contribution in [0.1, 0.15) is 5.69 Å². The van der Waals surface area contributed by atoms with Gasteiger partial charge < -0.3 is 10.3 Å². The number of aromatic nitrogens is 3. The monoisotopic (exact) mass is 288 g/mol. The van der Waals surface area contributed by atoms with Gasteiger partial charge in [-0.15, -0.1) is 0 Å². The molecular weight excluding hydrogens is 278 g/mol. The molecule has 106 valence electrons.